The molecule has 3 nitrogen and oxygen atoms in total. The Labute approximate surface area is 82.5 Å². The van der Waals surface area contributed by atoms with E-state index in [1.165, 1.54) is 13.2 Å². The number of carbonyl (C=O) groups excluding carboxylic acids is 1. The van der Waals surface area contributed by atoms with E-state index in [9.17, 15) is 9.90 Å². The van der Waals surface area contributed by atoms with Gasteiger partial charge in [-0.1, -0.05) is 12.1 Å². The summed E-state index contributed by atoms with van der Waals surface area (Å²) >= 11 is 0. The van der Waals surface area contributed by atoms with Gasteiger partial charge in [-0.2, -0.15) is 0 Å². The fourth-order valence-electron chi connectivity index (χ4n) is 0.813. The molecule has 1 aromatic carbocycles. The normalized spacial score (nSPS) is 8.42. The van der Waals surface area contributed by atoms with Crippen LogP contribution in [-0.4, -0.2) is 13.1 Å². The number of rotatable bonds is 2. The Morgan fingerprint density at radius 1 is 1.42 bits per heavy atom. The SMILES string of the molecule is COc1ccccc1C(=O)[O-].[Li+]. The molecule has 0 heterocycles. The predicted molar refractivity (Wildman–Crippen MR) is 37.3 cm³/mol. The van der Waals surface area contributed by atoms with Gasteiger partial charge in [-0.15, -0.1) is 0 Å². The number of carboxylic acids is 1. The van der Waals surface area contributed by atoms with E-state index < -0.39 is 5.97 Å². The molecule has 0 bridgehead atoms. The molecule has 12 heavy (non-hydrogen) atoms. The van der Waals surface area contributed by atoms with Crippen LogP contribution in [0, 0.1) is 0 Å². The minimum atomic E-state index is -1.22. The van der Waals surface area contributed by atoms with Crippen molar-refractivity contribution in [1.29, 1.82) is 0 Å². The van der Waals surface area contributed by atoms with Gasteiger partial charge in [0.2, 0.25) is 0 Å². The maximum absolute atomic E-state index is 10.4. The van der Waals surface area contributed by atoms with Crippen molar-refractivity contribution in [3.63, 3.8) is 0 Å². The summed E-state index contributed by atoms with van der Waals surface area (Å²) in [6.45, 7) is 0. The first kappa shape index (κ1) is 11.1. The largest absolute Gasteiger partial charge is 1.00 e. The first-order valence-corrected chi connectivity index (χ1v) is 3.10. The van der Waals surface area contributed by atoms with Gasteiger partial charge in [0.15, 0.2) is 0 Å². The van der Waals surface area contributed by atoms with Crippen molar-refractivity contribution in [3.05, 3.63) is 29.8 Å². The van der Waals surface area contributed by atoms with E-state index in [2.05, 4.69) is 0 Å². The average Bonchev–Trinajstić information content (AvgIpc) is 2.04. The van der Waals surface area contributed by atoms with Crippen molar-refractivity contribution >= 4 is 5.97 Å². The Morgan fingerprint density at radius 2 is 2.00 bits per heavy atom. The topological polar surface area (TPSA) is 49.4 Å². The minimum absolute atomic E-state index is 0. The van der Waals surface area contributed by atoms with Gasteiger partial charge in [0.05, 0.1) is 13.1 Å². The van der Waals surface area contributed by atoms with E-state index >= 15 is 0 Å². The van der Waals surface area contributed by atoms with Crippen molar-refractivity contribution in [1.82, 2.24) is 0 Å². The van der Waals surface area contributed by atoms with E-state index in [4.69, 9.17) is 4.74 Å². The number of ether oxygens (including phenoxy) is 1. The van der Waals surface area contributed by atoms with Crippen LogP contribution in [0.1, 0.15) is 10.4 Å². The average molecular weight is 158 g/mol. The number of hydrogen-bond acceptors (Lipinski definition) is 3. The molecule has 0 aliphatic carbocycles. The molecule has 1 aromatic rings. The minimum Gasteiger partial charge on any atom is -0.545 e. The smallest absolute Gasteiger partial charge is 0.545 e. The fraction of sp³-hybridized carbons (Fsp3) is 0.125. The molecular weight excluding hydrogens is 151 g/mol. The van der Waals surface area contributed by atoms with Crippen molar-refractivity contribution in [2.75, 3.05) is 7.11 Å². The van der Waals surface area contributed by atoms with Gasteiger partial charge in [-0.3, -0.25) is 0 Å². The standard InChI is InChI=1S/C8H8O3.Li/c1-11-7-5-3-2-4-6(7)8(9)10;/h2-5H,1H3,(H,9,10);/q;+1/p-1. The summed E-state index contributed by atoms with van der Waals surface area (Å²) in [7, 11) is 1.42. The zero-order valence-electron chi connectivity index (χ0n) is 7.03. The van der Waals surface area contributed by atoms with Crippen LogP contribution in [0.25, 0.3) is 0 Å². The monoisotopic (exact) mass is 158 g/mol. The van der Waals surface area contributed by atoms with Crippen molar-refractivity contribution in [3.8, 4) is 5.75 Å². The summed E-state index contributed by atoms with van der Waals surface area (Å²) in [5.41, 5.74) is 0.0787. The number of hydrogen-bond donors (Lipinski definition) is 0. The Kier molecular flexibility index (Phi) is 4.49. The Bertz CT molecular complexity index is 273. The molecule has 0 spiro atoms. The number of carbonyl (C=O) groups is 1. The third-order valence-corrected chi connectivity index (χ3v) is 1.33. The van der Waals surface area contributed by atoms with Gasteiger partial charge in [0.1, 0.15) is 5.75 Å². The van der Waals surface area contributed by atoms with Gasteiger partial charge in [-0.25, -0.2) is 0 Å². The van der Waals surface area contributed by atoms with Crippen LogP contribution < -0.4 is 28.7 Å². The third kappa shape index (κ3) is 2.30. The molecule has 0 saturated heterocycles. The van der Waals surface area contributed by atoms with E-state index in [-0.39, 0.29) is 24.4 Å². The molecule has 0 aliphatic heterocycles. The van der Waals surface area contributed by atoms with Crippen molar-refractivity contribution in [2.24, 2.45) is 0 Å². The molecule has 0 radical (unpaired) electrons. The molecule has 0 N–H and O–H groups in total. The van der Waals surface area contributed by atoms with Crippen LogP contribution >= 0.6 is 0 Å². The fourth-order valence-corrected chi connectivity index (χ4v) is 0.813. The number of benzene rings is 1. The van der Waals surface area contributed by atoms with Crippen molar-refractivity contribution in [2.45, 2.75) is 0 Å². The van der Waals surface area contributed by atoms with Gasteiger partial charge in [0.25, 0.3) is 0 Å². The molecule has 58 valence electrons. The van der Waals surface area contributed by atoms with Gasteiger partial charge in [0, 0.05) is 5.56 Å². The van der Waals surface area contributed by atoms with Crippen LogP contribution in [0.4, 0.5) is 0 Å². The molecule has 0 atom stereocenters. The van der Waals surface area contributed by atoms with E-state index in [0.29, 0.717) is 5.75 Å². The summed E-state index contributed by atoms with van der Waals surface area (Å²) in [5, 5.41) is 10.4. The molecule has 0 saturated carbocycles. The van der Waals surface area contributed by atoms with Crippen LogP contribution in [-0.2, 0) is 0 Å². The Morgan fingerprint density at radius 3 is 2.42 bits per heavy atom. The van der Waals surface area contributed by atoms with Crippen LogP contribution in [0.15, 0.2) is 24.3 Å². The van der Waals surface area contributed by atoms with E-state index in [0.717, 1.165) is 0 Å². The van der Waals surface area contributed by atoms with E-state index in [1.54, 1.807) is 18.2 Å². The van der Waals surface area contributed by atoms with Crippen LogP contribution in [0.2, 0.25) is 0 Å². The number of methoxy groups -OCH3 is 1. The molecule has 1 rings (SSSR count). The summed E-state index contributed by atoms with van der Waals surface area (Å²) in [6.07, 6.45) is 0. The Hall–Kier alpha value is -0.913. The van der Waals surface area contributed by atoms with E-state index in [1.807, 2.05) is 0 Å². The number of para-hydroxylation sites is 1. The zero-order valence-corrected chi connectivity index (χ0v) is 7.03. The molecule has 0 fully saturated rings. The predicted octanol–water partition coefficient (Wildman–Crippen LogP) is -2.94. The summed E-state index contributed by atoms with van der Waals surface area (Å²) in [4.78, 5) is 10.4. The second kappa shape index (κ2) is 4.86. The second-order valence-corrected chi connectivity index (χ2v) is 1.99. The molecular formula is C8H7LiO3. The summed E-state index contributed by atoms with van der Waals surface area (Å²) < 4.78 is 4.79. The molecule has 0 amide bonds. The van der Waals surface area contributed by atoms with Gasteiger partial charge >= 0.3 is 18.9 Å². The molecule has 0 aromatic heterocycles. The maximum Gasteiger partial charge on any atom is 1.00 e. The summed E-state index contributed by atoms with van der Waals surface area (Å²) in [5.74, 6) is -0.894. The van der Waals surface area contributed by atoms with Crippen molar-refractivity contribution < 1.29 is 33.5 Å². The number of aromatic carboxylic acids is 1. The molecule has 0 unspecified atom stereocenters. The third-order valence-electron chi connectivity index (χ3n) is 1.33. The first-order chi connectivity index (χ1) is 5.25. The first-order valence-electron chi connectivity index (χ1n) is 3.10. The van der Waals surface area contributed by atoms with Crippen LogP contribution in [0.5, 0.6) is 5.75 Å². The maximum atomic E-state index is 10.4. The summed E-state index contributed by atoms with van der Waals surface area (Å²) in [6, 6.07) is 6.33. The van der Waals surface area contributed by atoms with Crippen LogP contribution in [0.3, 0.4) is 0 Å². The second-order valence-electron chi connectivity index (χ2n) is 1.99. The zero-order chi connectivity index (χ0) is 8.27. The quantitative estimate of drug-likeness (QED) is 0.433. The van der Waals surface area contributed by atoms with Gasteiger partial charge < -0.3 is 14.6 Å². The molecule has 4 heteroatoms. The molecule has 0 aliphatic rings. The Balaban J connectivity index is 0.00000121. The van der Waals surface area contributed by atoms with Gasteiger partial charge in [-0.05, 0) is 12.1 Å². The number of carboxylic acid groups (broad SMARTS) is 1.